The summed E-state index contributed by atoms with van der Waals surface area (Å²) in [5.41, 5.74) is 1.04. The summed E-state index contributed by atoms with van der Waals surface area (Å²) in [5, 5.41) is 15.6. The summed E-state index contributed by atoms with van der Waals surface area (Å²) < 4.78 is 4.44. The quantitative estimate of drug-likeness (QED) is 0.726. The van der Waals surface area contributed by atoms with Crippen LogP contribution in [0.4, 0.5) is 0 Å². The van der Waals surface area contributed by atoms with Gasteiger partial charge in [0.25, 0.3) is 0 Å². The van der Waals surface area contributed by atoms with Gasteiger partial charge >= 0.3 is 5.97 Å². The Morgan fingerprint density at radius 3 is 2.75 bits per heavy atom. The molecule has 66 valence electrons. The van der Waals surface area contributed by atoms with Gasteiger partial charge in [0.2, 0.25) is 0 Å². The number of carboxylic acid groups (broad SMARTS) is 1. The molecule has 0 unspecified atom stereocenters. The Bertz CT molecular complexity index is 280. The predicted octanol–water partition coefficient (Wildman–Crippen LogP) is 0.820. The molecular formula is C7H10N2O3. The Hall–Kier alpha value is -1.39. The second-order valence-corrected chi connectivity index (χ2v) is 2.82. The van der Waals surface area contributed by atoms with E-state index in [4.69, 9.17) is 5.11 Å². The van der Waals surface area contributed by atoms with Crippen molar-refractivity contribution in [3.05, 3.63) is 11.4 Å². The Morgan fingerprint density at radius 2 is 2.25 bits per heavy atom. The molecule has 0 fully saturated rings. The van der Waals surface area contributed by atoms with E-state index in [-0.39, 0.29) is 12.3 Å². The van der Waals surface area contributed by atoms with Crippen molar-refractivity contribution < 1.29 is 14.5 Å². The van der Waals surface area contributed by atoms with Gasteiger partial charge in [-0.1, -0.05) is 24.2 Å². The van der Waals surface area contributed by atoms with Crippen LogP contribution in [0, 0.1) is 0 Å². The number of hydrogen-bond acceptors (Lipinski definition) is 4. The predicted molar refractivity (Wildman–Crippen MR) is 39.7 cm³/mol. The molecule has 0 aliphatic rings. The van der Waals surface area contributed by atoms with E-state index in [0.29, 0.717) is 11.4 Å². The number of aliphatic carboxylic acids is 1. The fraction of sp³-hybridized carbons (Fsp3) is 0.571. The van der Waals surface area contributed by atoms with Crippen LogP contribution in [0.3, 0.4) is 0 Å². The number of hydrogen-bond donors (Lipinski definition) is 1. The van der Waals surface area contributed by atoms with Crippen molar-refractivity contribution >= 4 is 5.97 Å². The van der Waals surface area contributed by atoms with Crippen LogP contribution >= 0.6 is 0 Å². The first kappa shape index (κ1) is 8.70. The topological polar surface area (TPSA) is 76.2 Å². The van der Waals surface area contributed by atoms with E-state index in [1.54, 1.807) is 0 Å². The molecule has 5 nitrogen and oxygen atoms in total. The molecule has 1 aromatic rings. The third kappa shape index (κ3) is 1.81. The van der Waals surface area contributed by atoms with E-state index in [9.17, 15) is 4.79 Å². The summed E-state index contributed by atoms with van der Waals surface area (Å²) in [4.78, 5) is 10.3. The minimum atomic E-state index is -0.924. The second-order valence-electron chi connectivity index (χ2n) is 2.82. The third-order valence-electron chi connectivity index (χ3n) is 1.45. The number of carbonyl (C=O) groups is 1. The lowest BCUT2D eigenvalue weighted by Crippen LogP contribution is -2.04. The molecule has 1 aromatic heterocycles. The van der Waals surface area contributed by atoms with Crippen molar-refractivity contribution in [3.63, 3.8) is 0 Å². The Balaban J connectivity index is 2.84. The summed E-state index contributed by atoms with van der Waals surface area (Å²) in [6, 6.07) is 0. The average molecular weight is 170 g/mol. The molecule has 0 spiro atoms. The van der Waals surface area contributed by atoms with E-state index in [1.807, 2.05) is 13.8 Å². The molecule has 0 amide bonds. The molecule has 0 aromatic carbocycles. The number of aromatic nitrogens is 2. The molecule has 0 saturated heterocycles. The molecule has 1 N–H and O–H groups in total. The highest BCUT2D eigenvalue weighted by molar-refractivity contribution is 5.69. The molecule has 1 heterocycles. The second kappa shape index (κ2) is 3.34. The van der Waals surface area contributed by atoms with E-state index >= 15 is 0 Å². The van der Waals surface area contributed by atoms with Crippen LogP contribution in [-0.2, 0) is 11.2 Å². The van der Waals surface area contributed by atoms with E-state index in [2.05, 4.69) is 14.9 Å². The number of nitrogens with zero attached hydrogens (tertiary/aromatic N) is 2. The molecule has 0 aliphatic heterocycles. The van der Waals surface area contributed by atoms with Crippen molar-refractivity contribution in [1.29, 1.82) is 0 Å². The van der Waals surface area contributed by atoms with Gasteiger partial charge in [0.05, 0.1) is 6.42 Å². The van der Waals surface area contributed by atoms with E-state index < -0.39 is 5.97 Å². The Kier molecular flexibility index (Phi) is 2.42. The first-order valence-electron chi connectivity index (χ1n) is 3.64. The summed E-state index contributed by atoms with van der Waals surface area (Å²) in [6.45, 7) is 3.82. The lowest BCUT2D eigenvalue weighted by Gasteiger charge is -1.98. The standard InChI is InChI=1S/C7H10N2O3/c1-4(2)7-5(3-6(10)11)8-12-9-7/h4H,3H2,1-2H3,(H,10,11). The van der Waals surface area contributed by atoms with Gasteiger partial charge in [-0.2, -0.15) is 0 Å². The normalized spacial score (nSPS) is 10.6. The van der Waals surface area contributed by atoms with Gasteiger partial charge in [0, 0.05) is 5.92 Å². The maximum absolute atomic E-state index is 10.3. The number of rotatable bonds is 3. The zero-order chi connectivity index (χ0) is 9.14. The van der Waals surface area contributed by atoms with Gasteiger partial charge in [-0.25, -0.2) is 4.63 Å². The SMILES string of the molecule is CC(C)c1nonc1CC(=O)O. The van der Waals surface area contributed by atoms with Crippen LogP contribution in [0.15, 0.2) is 4.63 Å². The van der Waals surface area contributed by atoms with E-state index in [0.717, 1.165) is 0 Å². The summed E-state index contributed by atoms with van der Waals surface area (Å²) >= 11 is 0. The van der Waals surface area contributed by atoms with Gasteiger partial charge < -0.3 is 5.11 Å². The summed E-state index contributed by atoms with van der Waals surface area (Å²) in [5.74, 6) is -0.779. The third-order valence-corrected chi connectivity index (χ3v) is 1.45. The highest BCUT2D eigenvalue weighted by atomic mass is 16.6. The summed E-state index contributed by atoms with van der Waals surface area (Å²) in [7, 11) is 0. The highest BCUT2D eigenvalue weighted by Crippen LogP contribution is 2.15. The van der Waals surface area contributed by atoms with Crippen LogP contribution in [0.25, 0.3) is 0 Å². The minimum Gasteiger partial charge on any atom is -0.481 e. The van der Waals surface area contributed by atoms with Crippen LogP contribution in [0.2, 0.25) is 0 Å². The Morgan fingerprint density at radius 1 is 1.58 bits per heavy atom. The molecule has 5 heteroatoms. The van der Waals surface area contributed by atoms with Gasteiger partial charge in [-0.05, 0) is 0 Å². The van der Waals surface area contributed by atoms with Gasteiger partial charge in [-0.15, -0.1) is 0 Å². The smallest absolute Gasteiger partial charge is 0.309 e. The van der Waals surface area contributed by atoms with Crippen LogP contribution in [0.5, 0.6) is 0 Å². The lowest BCUT2D eigenvalue weighted by molar-refractivity contribution is -0.136. The molecular weight excluding hydrogens is 160 g/mol. The maximum Gasteiger partial charge on any atom is 0.309 e. The fourth-order valence-electron chi connectivity index (χ4n) is 0.918. The molecule has 1 rings (SSSR count). The van der Waals surface area contributed by atoms with Crippen molar-refractivity contribution in [2.75, 3.05) is 0 Å². The Labute approximate surface area is 69.3 Å². The van der Waals surface area contributed by atoms with Gasteiger partial charge in [-0.3, -0.25) is 4.79 Å². The van der Waals surface area contributed by atoms with Gasteiger partial charge in [0.15, 0.2) is 0 Å². The van der Waals surface area contributed by atoms with Crippen LogP contribution in [0.1, 0.15) is 31.2 Å². The van der Waals surface area contributed by atoms with Crippen LogP contribution < -0.4 is 0 Å². The van der Waals surface area contributed by atoms with Crippen LogP contribution in [-0.4, -0.2) is 21.4 Å². The van der Waals surface area contributed by atoms with Crippen molar-refractivity contribution in [2.24, 2.45) is 0 Å². The molecule has 0 aliphatic carbocycles. The molecule has 12 heavy (non-hydrogen) atoms. The molecule has 0 bridgehead atoms. The van der Waals surface area contributed by atoms with Crippen molar-refractivity contribution in [1.82, 2.24) is 10.3 Å². The first-order valence-corrected chi connectivity index (χ1v) is 3.64. The summed E-state index contributed by atoms with van der Waals surface area (Å²) in [6.07, 6.45) is -0.128. The van der Waals surface area contributed by atoms with Crippen molar-refractivity contribution in [3.8, 4) is 0 Å². The molecule has 0 saturated carbocycles. The van der Waals surface area contributed by atoms with Gasteiger partial charge in [0.1, 0.15) is 11.4 Å². The molecule has 0 radical (unpaired) electrons. The zero-order valence-electron chi connectivity index (χ0n) is 6.94. The first-order chi connectivity index (χ1) is 5.61. The van der Waals surface area contributed by atoms with Crippen molar-refractivity contribution in [2.45, 2.75) is 26.2 Å². The molecule has 0 atom stereocenters. The average Bonchev–Trinajstić information content (AvgIpc) is 2.33. The largest absolute Gasteiger partial charge is 0.481 e. The van der Waals surface area contributed by atoms with E-state index in [1.165, 1.54) is 0 Å². The number of carboxylic acids is 1. The fourth-order valence-corrected chi connectivity index (χ4v) is 0.918. The maximum atomic E-state index is 10.3. The highest BCUT2D eigenvalue weighted by Gasteiger charge is 2.15. The lowest BCUT2D eigenvalue weighted by atomic mass is 10.1. The monoisotopic (exact) mass is 170 g/mol. The zero-order valence-corrected chi connectivity index (χ0v) is 6.94. The minimum absolute atomic E-state index is 0.128.